The van der Waals surface area contributed by atoms with Gasteiger partial charge in [0, 0.05) is 10.9 Å². The van der Waals surface area contributed by atoms with Crippen molar-refractivity contribution in [2.45, 2.75) is 31.8 Å². The molecule has 0 aromatic carbocycles. The Kier molecular flexibility index (Phi) is 2.86. The molecule has 1 aromatic rings. The molecule has 5 heteroatoms. The zero-order valence-corrected chi connectivity index (χ0v) is 10.7. The summed E-state index contributed by atoms with van der Waals surface area (Å²) in [5.41, 5.74) is 0. The van der Waals surface area contributed by atoms with Crippen LogP contribution in [-0.2, 0) is 16.1 Å². The van der Waals surface area contributed by atoms with Crippen LogP contribution in [0.4, 0.5) is 0 Å². The number of carboxylic acids is 1. The number of aliphatic carboxylic acids is 1. The Hall–Kier alpha value is -1.36. The SMILES string of the molecule is O=C(O)[C@H]1C[C@@H]1C(=O)N(Cc1cccs1)C1CC1. The summed E-state index contributed by atoms with van der Waals surface area (Å²) in [6, 6.07) is 4.34. The second-order valence-electron chi connectivity index (χ2n) is 5.06. The van der Waals surface area contributed by atoms with Crippen LogP contribution < -0.4 is 0 Å². The summed E-state index contributed by atoms with van der Waals surface area (Å²) in [6.07, 6.45) is 2.63. The van der Waals surface area contributed by atoms with Crippen molar-refractivity contribution in [3.05, 3.63) is 22.4 Å². The highest BCUT2D eigenvalue weighted by molar-refractivity contribution is 7.09. The first-order chi connectivity index (χ1) is 8.66. The summed E-state index contributed by atoms with van der Waals surface area (Å²) in [7, 11) is 0. The normalized spacial score (nSPS) is 25.8. The van der Waals surface area contributed by atoms with Gasteiger partial charge >= 0.3 is 5.97 Å². The Balaban J connectivity index is 1.67. The van der Waals surface area contributed by atoms with E-state index in [4.69, 9.17) is 5.11 Å². The van der Waals surface area contributed by atoms with Gasteiger partial charge < -0.3 is 10.0 Å². The van der Waals surface area contributed by atoms with E-state index in [1.807, 2.05) is 22.4 Å². The molecule has 0 saturated heterocycles. The summed E-state index contributed by atoms with van der Waals surface area (Å²) in [5.74, 6) is -1.51. The lowest BCUT2D eigenvalue weighted by molar-refractivity contribution is -0.142. The average molecular weight is 265 g/mol. The fourth-order valence-electron chi connectivity index (χ4n) is 2.30. The molecule has 2 aliphatic rings. The van der Waals surface area contributed by atoms with Gasteiger partial charge in [0.05, 0.1) is 18.4 Å². The number of hydrogen-bond donors (Lipinski definition) is 1. The van der Waals surface area contributed by atoms with E-state index in [9.17, 15) is 9.59 Å². The number of nitrogens with zero attached hydrogens (tertiary/aromatic N) is 1. The lowest BCUT2D eigenvalue weighted by Crippen LogP contribution is -2.34. The van der Waals surface area contributed by atoms with Crippen molar-refractivity contribution in [2.24, 2.45) is 11.8 Å². The summed E-state index contributed by atoms with van der Waals surface area (Å²) in [6.45, 7) is 0.643. The lowest BCUT2D eigenvalue weighted by Gasteiger charge is -2.21. The third-order valence-corrected chi connectivity index (χ3v) is 4.46. The highest BCUT2D eigenvalue weighted by Gasteiger charge is 2.51. The largest absolute Gasteiger partial charge is 0.481 e. The molecule has 96 valence electrons. The first-order valence-corrected chi connectivity index (χ1v) is 7.10. The van der Waals surface area contributed by atoms with Gasteiger partial charge in [-0.15, -0.1) is 11.3 Å². The number of amides is 1. The van der Waals surface area contributed by atoms with Crippen molar-refractivity contribution in [3.63, 3.8) is 0 Å². The molecule has 1 N–H and O–H groups in total. The molecule has 0 bridgehead atoms. The fraction of sp³-hybridized carbons (Fsp3) is 0.538. The van der Waals surface area contributed by atoms with Crippen LogP contribution in [0.5, 0.6) is 0 Å². The van der Waals surface area contributed by atoms with Gasteiger partial charge in [-0.2, -0.15) is 0 Å². The zero-order chi connectivity index (χ0) is 12.7. The lowest BCUT2D eigenvalue weighted by atomic mass is 10.2. The topological polar surface area (TPSA) is 57.6 Å². The van der Waals surface area contributed by atoms with Crippen LogP contribution in [0.15, 0.2) is 17.5 Å². The highest BCUT2D eigenvalue weighted by atomic mass is 32.1. The van der Waals surface area contributed by atoms with E-state index in [-0.39, 0.29) is 11.8 Å². The van der Waals surface area contributed by atoms with Gasteiger partial charge in [-0.3, -0.25) is 9.59 Å². The third kappa shape index (κ3) is 2.27. The number of carboxylic acid groups (broad SMARTS) is 1. The third-order valence-electron chi connectivity index (χ3n) is 3.60. The van der Waals surface area contributed by atoms with Crippen molar-refractivity contribution in [1.29, 1.82) is 0 Å². The maximum absolute atomic E-state index is 12.3. The molecule has 0 spiro atoms. The van der Waals surface area contributed by atoms with Crippen molar-refractivity contribution >= 4 is 23.2 Å². The van der Waals surface area contributed by atoms with Crippen LogP contribution in [0, 0.1) is 11.8 Å². The predicted octanol–water partition coefficient (Wildman–Crippen LogP) is 1.96. The van der Waals surface area contributed by atoms with Gasteiger partial charge in [-0.1, -0.05) is 6.07 Å². The van der Waals surface area contributed by atoms with Gasteiger partial charge in [0.25, 0.3) is 0 Å². The van der Waals surface area contributed by atoms with Crippen LogP contribution in [0.1, 0.15) is 24.1 Å². The number of hydrogen-bond acceptors (Lipinski definition) is 3. The Morgan fingerprint density at radius 2 is 2.17 bits per heavy atom. The zero-order valence-electron chi connectivity index (χ0n) is 9.91. The monoisotopic (exact) mass is 265 g/mol. The van der Waals surface area contributed by atoms with Crippen molar-refractivity contribution in [1.82, 2.24) is 4.90 Å². The summed E-state index contributed by atoms with van der Waals surface area (Å²) in [4.78, 5) is 26.2. The standard InChI is InChI=1S/C13H15NO3S/c15-12(10-6-11(10)13(16)17)14(8-3-4-8)7-9-2-1-5-18-9/h1-2,5,8,10-11H,3-4,6-7H2,(H,16,17)/t10-,11-/m0/s1. The molecule has 4 nitrogen and oxygen atoms in total. The molecule has 2 fully saturated rings. The fourth-order valence-corrected chi connectivity index (χ4v) is 3.00. The number of carbonyl (C=O) groups is 2. The molecule has 2 atom stereocenters. The second kappa shape index (κ2) is 4.39. The van der Waals surface area contributed by atoms with Gasteiger partial charge in [0.15, 0.2) is 0 Å². The molecular formula is C13H15NO3S. The quantitative estimate of drug-likeness (QED) is 0.885. The van der Waals surface area contributed by atoms with Gasteiger partial charge in [0.1, 0.15) is 0 Å². The Labute approximate surface area is 109 Å². The average Bonchev–Trinajstić information content (AvgIpc) is 3.24. The van der Waals surface area contributed by atoms with E-state index in [1.54, 1.807) is 11.3 Å². The Bertz CT molecular complexity index is 467. The number of rotatable bonds is 5. The van der Waals surface area contributed by atoms with Gasteiger partial charge in [-0.25, -0.2) is 0 Å². The van der Waals surface area contributed by atoms with Crippen LogP contribution in [-0.4, -0.2) is 27.9 Å². The van der Waals surface area contributed by atoms with Crippen LogP contribution in [0.3, 0.4) is 0 Å². The predicted molar refractivity (Wildman–Crippen MR) is 67.1 cm³/mol. The van der Waals surface area contributed by atoms with Gasteiger partial charge in [0.2, 0.25) is 5.91 Å². The maximum atomic E-state index is 12.3. The van der Waals surface area contributed by atoms with Crippen LogP contribution in [0.25, 0.3) is 0 Å². The molecular weight excluding hydrogens is 250 g/mol. The second-order valence-corrected chi connectivity index (χ2v) is 6.10. The minimum absolute atomic E-state index is 0.0401. The van der Waals surface area contributed by atoms with E-state index in [1.165, 1.54) is 4.88 Å². The molecule has 0 radical (unpaired) electrons. The minimum Gasteiger partial charge on any atom is -0.481 e. The highest BCUT2D eigenvalue weighted by Crippen LogP contribution is 2.42. The summed E-state index contributed by atoms with van der Waals surface area (Å²) >= 11 is 1.64. The molecule has 3 rings (SSSR count). The molecule has 1 aromatic heterocycles. The molecule has 2 saturated carbocycles. The Morgan fingerprint density at radius 1 is 1.39 bits per heavy atom. The Morgan fingerprint density at radius 3 is 2.67 bits per heavy atom. The van der Waals surface area contributed by atoms with Crippen molar-refractivity contribution < 1.29 is 14.7 Å². The first-order valence-electron chi connectivity index (χ1n) is 6.22. The minimum atomic E-state index is -0.833. The van der Waals surface area contributed by atoms with E-state index in [0.717, 1.165) is 12.8 Å². The first kappa shape index (κ1) is 11.7. The van der Waals surface area contributed by atoms with Crippen LogP contribution >= 0.6 is 11.3 Å². The van der Waals surface area contributed by atoms with E-state index < -0.39 is 11.9 Å². The molecule has 0 aliphatic heterocycles. The van der Waals surface area contributed by atoms with E-state index in [0.29, 0.717) is 19.0 Å². The summed E-state index contributed by atoms with van der Waals surface area (Å²) < 4.78 is 0. The maximum Gasteiger partial charge on any atom is 0.307 e. The summed E-state index contributed by atoms with van der Waals surface area (Å²) in [5, 5.41) is 10.9. The molecule has 1 amide bonds. The van der Waals surface area contributed by atoms with Gasteiger partial charge in [-0.05, 0) is 30.7 Å². The number of carbonyl (C=O) groups excluding carboxylic acids is 1. The molecule has 18 heavy (non-hydrogen) atoms. The molecule has 0 unspecified atom stereocenters. The van der Waals surface area contributed by atoms with Crippen LogP contribution in [0.2, 0.25) is 0 Å². The number of thiophene rings is 1. The molecule has 1 heterocycles. The molecule has 2 aliphatic carbocycles. The van der Waals surface area contributed by atoms with E-state index in [2.05, 4.69) is 0 Å². The van der Waals surface area contributed by atoms with Crippen molar-refractivity contribution in [2.75, 3.05) is 0 Å². The smallest absolute Gasteiger partial charge is 0.307 e. The van der Waals surface area contributed by atoms with Crippen molar-refractivity contribution in [3.8, 4) is 0 Å². The van der Waals surface area contributed by atoms with E-state index >= 15 is 0 Å².